The summed E-state index contributed by atoms with van der Waals surface area (Å²) >= 11 is 11.7. The molecule has 0 bridgehead atoms. The Bertz CT molecular complexity index is 597. The summed E-state index contributed by atoms with van der Waals surface area (Å²) in [7, 11) is 0. The molecule has 1 N–H and O–H groups in total. The van der Waals surface area contributed by atoms with Gasteiger partial charge in [-0.05, 0) is 18.6 Å². The van der Waals surface area contributed by atoms with Gasteiger partial charge in [0.05, 0.1) is 5.02 Å². The van der Waals surface area contributed by atoms with Gasteiger partial charge in [-0.25, -0.2) is 9.97 Å². The van der Waals surface area contributed by atoms with Gasteiger partial charge < -0.3 is 4.57 Å². The molecule has 0 fully saturated rings. The highest BCUT2D eigenvalue weighted by atomic mass is 35.5. The van der Waals surface area contributed by atoms with E-state index in [2.05, 4.69) is 15.3 Å². The van der Waals surface area contributed by atoms with Crippen molar-refractivity contribution in [2.45, 2.75) is 19.9 Å². The van der Waals surface area contributed by atoms with Gasteiger partial charge in [-0.3, -0.25) is 10.1 Å². The van der Waals surface area contributed by atoms with E-state index in [4.69, 9.17) is 23.2 Å². The zero-order valence-electron chi connectivity index (χ0n) is 10.2. The molecular formula is C12H12Cl2N4O. The van der Waals surface area contributed by atoms with E-state index in [1.807, 2.05) is 6.92 Å². The van der Waals surface area contributed by atoms with E-state index in [0.717, 1.165) is 6.42 Å². The van der Waals surface area contributed by atoms with Crippen LogP contribution in [0.3, 0.4) is 0 Å². The number of carbonyl (C=O) groups excluding carboxylic acids is 1. The fourth-order valence-electron chi connectivity index (χ4n) is 1.65. The van der Waals surface area contributed by atoms with Crippen molar-refractivity contribution in [3.05, 3.63) is 40.4 Å². The molecule has 2 rings (SSSR count). The van der Waals surface area contributed by atoms with E-state index < -0.39 is 0 Å². The predicted molar refractivity (Wildman–Crippen MR) is 74.7 cm³/mol. The number of aromatic nitrogens is 3. The number of aryl methyl sites for hydroxylation is 1. The number of nitrogens with zero attached hydrogens (tertiary/aromatic N) is 3. The van der Waals surface area contributed by atoms with Crippen molar-refractivity contribution in [1.82, 2.24) is 14.5 Å². The normalized spacial score (nSPS) is 10.5. The maximum absolute atomic E-state index is 12.1. The number of rotatable bonds is 4. The Morgan fingerprint density at radius 3 is 2.95 bits per heavy atom. The summed E-state index contributed by atoms with van der Waals surface area (Å²) in [6.45, 7) is 2.74. The molecule has 2 aromatic heterocycles. The Kier molecular flexibility index (Phi) is 4.39. The standard InChI is InChI=1S/C12H12Cl2N4O/c1-2-5-18-7-8(13)6-9(18)11(19)17-12-15-4-3-10(14)16-12/h3-4,6-7H,2,5H2,1H3,(H,15,16,17,19). The van der Waals surface area contributed by atoms with Crippen LogP contribution in [0.5, 0.6) is 0 Å². The zero-order chi connectivity index (χ0) is 13.8. The van der Waals surface area contributed by atoms with E-state index in [-0.39, 0.29) is 17.0 Å². The second-order valence-electron chi connectivity index (χ2n) is 3.89. The molecule has 0 unspecified atom stereocenters. The monoisotopic (exact) mass is 298 g/mol. The van der Waals surface area contributed by atoms with Gasteiger partial charge in [0.25, 0.3) is 5.91 Å². The summed E-state index contributed by atoms with van der Waals surface area (Å²) in [6.07, 6.45) is 4.10. The Hall–Kier alpha value is -1.59. The Morgan fingerprint density at radius 1 is 1.47 bits per heavy atom. The molecule has 0 saturated carbocycles. The van der Waals surface area contributed by atoms with Crippen LogP contribution in [0.1, 0.15) is 23.8 Å². The molecular weight excluding hydrogens is 287 g/mol. The number of hydrogen-bond acceptors (Lipinski definition) is 3. The quantitative estimate of drug-likeness (QED) is 0.882. The molecule has 7 heteroatoms. The van der Waals surface area contributed by atoms with E-state index in [1.165, 1.54) is 12.3 Å². The lowest BCUT2D eigenvalue weighted by atomic mass is 10.4. The lowest BCUT2D eigenvalue weighted by Crippen LogP contribution is -2.18. The summed E-state index contributed by atoms with van der Waals surface area (Å²) in [5, 5.41) is 3.38. The van der Waals surface area contributed by atoms with Crippen LogP contribution in [-0.4, -0.2) is 20.4 Å². The molecule has 0 saturated heterocycles. The van der Waals surface area contributed by atoms with Gasteiger partial charge in [0.2, 0.25) is 5.95 Å². The minimum absolute atomic E-state index is 0.165. The molecule has 0 radical (unpaired) electrons. The second-order valence-corrected chi connectivity index (χ2v) is 4.72. The van der Waals surface area contributed by atoms with E-state index in [9.17, 15) is 4.79 Å². The van der Waals surface area contributed by atoms with Crippen LogP contribution in [0.15, 0.2) is 24.5 Å². The van der Waals surface area contributed by atoms with Crippen LogP contribution in [-0.2, 0) is 6.54 Å². The first kappa shape index (κ1) is 13.8. The predicted octanol–water partition coefficient (Wildman–Crippen LogP) is 3.25. The summed E-state index contributed by atoms with van der Waals surface area (Å²) in [5.74, 6) is -0.152. The van der Waals surface area contributed by atoms with E-state index in [0.29, 0.717) is 17.3 Å². The van der Waals surface area contributed by atoms with Crippen molar-refractivity contribution in [3.63, 3.8) is 0 Å². The maximum Gasteiger partial charge on any atom is 0.274 e. The second kappa shape index (κ2) is 6.04. The van der Waals surface area contributed by atoms with Gasteiger partial charge >= 0.3 is 0 Å². The van der Waals surface area contributed by atoms with Crippen molar-refractivity contribution in [2.75, 3.05) is 5.32 Å². The number of carbonyl (C=O) groups is 1. The first-order chi connectivity index (χ1) is 9.10. The molecule has 5 nitrogen and oxygen atoms in total. The number of hydrogen-bond donors (Lipinski definition) is 1. The molecule has 0 aromatic carbocycles. The maximum atomic E-state index is 12.1. The van der Waals surface area contributed by atoms with Crippen molar-refractivity contribution in [3.8, 4) is 0 Å². The molecule has 0 atom stereocenters. The molecule has 0 aliphatic rings. The molecule has 2 aromatic rings. The molecule has 100 valence electrons. The Balaban J connectivity index is 2.20. The van der Waals surface area contributed by atoms with Gasteiger partial charge in [0.1, 0.15) is 10.8 Å². The zero-order valence-corrected chi connectivity index (χ0v) is 11.7. The highest BCUT2D eigenvalue weighted by molar-refractivity contribution is 6.31. The van der Waals surface area contributed by atoms with Crippen LogP contribution in [0, 0.1) is 0 Å². The largest absolute Gasteiger partial charge is 0.342 e. The fourth-order valence-corrected chi connectivity index (χ4v) is 2.01. The highest BCUT2D eigenvalue weighted by Gasteiger charge is 2.14. The first-order valence-corrected chi connectivity index (χ1v) is 6.51. The third-order valence-electron chi connectivity index (χ3n) is 2.41. The summed E-state index contributed by atoms with van der Waals surface area (Å²) in [4.78, 5) is 19.9. The van der Waals surface area contributed by atoms with Gasteiger partial charge in [-0.1, -0.05) is 30.1 Å². The fraction of sp³-hybridized carbons (Fsp3) is 0.250. The van der Waals surface area contributed by atoms with E-state index >= 15 is 0 Å². The van der Waals surface area contributed by atoms with Crippen molar-refractivity contribution in [1.29, 1.82) is 0 Å². The van der Waals surface area contributed by atoms with Gasteiger partial charge in [-0.15, -0.1) is 0 Å². The molecule has 19 heavy (non-hydrogen) atoms. The number of halogens is 2. The average molecular weight is 299 g/mol. The molecule has 0 spiro atoms. The SMILES string of the molecule is CCCn1cc(Cl)cc1C(=O)Nc1nccc(Cl)n1. The topological polar surface area (TPSA) is 59.8 Å². The van der Waals surface area contributed by atoms with Crippen molar-refractivity contribution < 1.29 is 4.79 Å². The Morgan fingerprint density at radius 2 is 2.26 bits per heavy atom. The number of anilines is 1. The summed E-state index contributed by atoms with van der Waals surface area (Å²) in [5.41, 5.74) is 0.468. The summed E-state index contributed by atoms with van der Waals surface area (Å²) < 4.78 is 1.79. The average Bonchev–Trinajstić information content (AvgIpc) is 2.71. The minimum atomic E-state index is -0.317. The van der Waals surface area contributed by atoms with Crippen molar-refractivity contribution >= 4 is 35.1 Å². The Labute approximate surface area is 120 Å². The number of amides is 1. The van der Waals surface area contributed by atoms with Crippen LogP contribution in [0.25, 0.3) is 0 Å². The molecule has 0 aliphatic heterocycles. The third-order valence-corrected chi connectivity index (χ3v) is 2.82. The molecule has 2 heterocycles. The van der Waals surface area contributed by atoms with Crippen molar-refractivity contribution in [2.24, 2.45) is 0 Å². The van der Waals surface area contributed by atoms with Gasteiger partial charge in [0.15, 0.2) is 0 Å². The van der Waals surface area contributed by atoms with Gasteiger partial charge in [0, 0.05) is 18.9 Å². The van der Waals surface area contributed by atoms with Crippen LogP contribution in [0.4, 0.5) is 5.95 Å². The lowest BCUT2D eigenvalue weighted by Gasteiger charge is -2.07. The smallest absolute Gasteiger partial charge is 0.274 e. The summed E-state index contributed by atoms with van der Waals surface area (Å²) in [6, 6.07) is 3.14. The van der Waals surface area contributed by atoms with Crippen LogP contribution < -0.4 is 5.32 Å². The first-order valence-electron chi connectivity index (χ1n) is 5.75. The number of nitrogens with one attached hydrogen (secondary N) is 1. The van der Waals surface area contributed by atoms with Crippen LogP contribution >= 0.6 is 23.2 Å². The third kappa shape index (κ3) is 3.45. The van der Waals surface area contributed by atoms with Crippen LogP contribution in [0.2, 0.25) is 10.2 Å². The van der Waals surface area contributed by atoms with E-state index in [1.54, 1.807) is 16.8 Å². The molecule has 0 aliphatic carbocycles. The minimum Gasteiger partial charge on any atom is -0.342 e. The highest BCUT2D eigenvalue weighted by Crippen LogP contribution is 2.16. The van der Waals surface area contributed by atoms with Gasteiger partial charge in [-0.2, -0.15) is 0 Å². The lowest BCUT2D eigenvalue weighted by molar-refractivity contribution is 0.101. The molecule has 1 amide bonds.